The van der Waals surface area contributed by atoms with Crippen molar-refractivity contribution in [3.05, 3.63) is 35.1 Å². The fourth-order valence-corrected chi connectivity index (χ4v) is 3.07. The van der Waals surface area contributed by atoms with Crippen LogP contribution in [0, 0.1) is 11.2 Å². The minimum Gasteiger partial charge on any atom is -0.384 e. The molecule has 0 amide bonds. The molecule has 1 aliphatic rings. The summed E-state index contributed by atoms with van der Waals surface area (Å²) in [5.74, 6) is 0.333. The van der Waals surface area contributed by atoms with E-state index in [4.69, 9.17) is 15.9 Å². The molecule has 0 atom stereocenters. The molecule has 0 saturated carbocycles. The van der Waals surface area contributed by atoms with Crippen molar-refractivity contribution in [1.82, 2.24) is 0 Å². The Labute approximate surface area is 110 Å². The van der Waals surface area contributed by atoms with Gasteiger partial charge >= 0.3 is 0 Å². The van der Waals surface area contributed by atoms with Crippen molar-refractivity contribution in [1.29, 1.82) is 5.41 Å². The van der Waals surface area contributed by atoms with Crippen LogP contribution in [-0.2, 0) is 10.5 Å². The SMILES string of the molecule is N=C(N)c1cc(F)cc(CSC2CCOCC2)c1. The summed E-state index contributed by atoms with van der Waals surface area (Å²) in [4.78, 5) is 0. The molecule has 1 aliphatic heterocycles. The molecule has 0 radical (unpaired) electrons. The maximum absolute atomic E-state index is 13.4. The zero-order valence-electron chi connectivity index (χ0n) is 10.1. The number of thioether (sulfide) groups is 1. The number of nitrogens with two attached hydrogens (primary N) is 1. The highest BCUT2D eigenvalue weighted by atomic mass is 32.2. The van der Waals surface area contributed by atoms with Crippen LogP contribution in [0.4, 0.5) is 4.39 Å². The second-order valence-electron chi connectivity index (χ2n) is 4.38. The Bertz CT molecular complexity index is 433. The maximum Gasteiger partial charge on any atom is 0.124 e. The van der Waals surface area contributed by atoms with E-state index in [1.807, 2.05) is 11.8 Å². The first-order valence-corrected chi connectivity index (χ1v) is 7.03. The van der Waals surface area contributed by atoms with Crippen LogP contribution in [0.25, 0.3) is 0 Å². The first kappa shape index (κ1) is 13.4. The quantitative estimate of drug-likeness (QED) is 0.651. The van der Waals surface area contributed by atoms with Crippen molar-refractivity contribution in [2.24, 2.45) is 5.73 Å². The average Bonchev–Trinajstić information content (AvgIpc) is 2.37. The number of rotatable bonds is 4. The minimum atomic E-state index is -0.328. The zero-order valence-corrected chi connectivity index (χ0v) is 10.9. The summed E-state index contributed by atoms with van der Waals surface area (Å²) in [6.07, 6.45) is 2.11. The summed E-state index contributed by atoms with van der Waals surface area (Å²) >= 11 is 1.82. The smallest absolute Gasteiger partial charge is 0.124 e. The van der Waals surface area contributed by atoms with Crippen molar-refractivity contribution < 1.29 is 9.13 Å². The first-order chi connectivity index (χ1) is 8.65. The van der Waals surface area contributed by atoms with Crippen molar-refractivity contribution in [2.75, 3.05) is 13.2 Å². The number of hydrogen-bond donors (Lipinski definition) is 2. The topological polar surface area (TPSA) is 59.1 Å². The highest BCUT2D eigenvalue weighted by Crippen LogP contribution is 2.26. The Hall–Kier alpha value is -1.07. The second kappa shape index (κ2) is 6.20. The van der Waals surface area contributed by atoms with Crippen LogP contribution in [0.5, 0.6) is 0 Å². The molecule has 3 nitrogen and oxygen atoms in total. The van der Waals surface area contributed by atoms with E-state index in [0.717, 1.165) is 37.4 Å². The van der Waals surface area contributed by atoms with Gasteiger partial charge < -0.3 is 10.5 Å². The van der Waals surface area contributed by atoms with Crippen molar-refractivity contribution in [2.45, 2.75) is 23.8 Å². The highest BCUT2D eigenvalue weighted by molar-refractivity contribution is 7.99. The molecule has 1 heterocycles. The molecule has 5 heteroatoms. The molecule has 0 aromatic heterocycles. The van der Waals surface area contributed by atoms with E-state index < -0.39 is 0 Å². The molecule has 0 aliphatic carbocycles. The zero-order chi connectivity index (χ0) is 13.0. The van der Waals surface area contributed by atoms with Gasteiger partial charge in [0.2, 0.25) is 0 Å². The normalized spacial score (nSPS) is 16.7. The number of benzene rings is 1. The largest absolute Gasteiger partial charge is 0.384 e. The monoisotopic (exact) mass is 268 g/mol. The standard InChI is InChI=1S/C13H17FN2OS/c14-11-6-9(5-10(7-11)13(15)16)8-18-12-1-3-17-4-2-12/h5-7,12H,1-4,8H2,(H3,15,16). The van der Waals surface area contributed by atoms with Gasteiger partial charge in [-0.3, -0.25) is 5.41 Å². The van der Waals surface area contributed by atoms with E-state index >= 15 is 0 Å². The van der Waals surface area contributed by atoms with Crippen molar-refractivity contribution in [3.63, 3.8) is 0 Å². The molecule has 1 aromatic carbocycles. The third kappa shape index (κ3) is 3.71. The van der Waals surface area contributed by atoms with Gasteiger partial charge in [-0.2, -0.15) is 11.8 Å². The summed E-state index contributed by atoms with van der Waals surface area (Å²) in [6, 6.07) is 4.60. The molecule has 1 aromatic rings. The lowest BCUT2D eigenvalue weighted by Gasteiger charge is -2.21. The Morgan fingerprint density at radius 1 is 1.39 bits per heavy atom. The minimum absolute atomic E-state index is 0.0909. The fourth-order valence-electron chi connectivity index (χ4n) is 1.95. The van der Waals surface area contributed by atoms with Gasteiger partial charge in [0, 0.05) is 29.8 Å². The molecule has 3 N–H and O–H groups in total. The van der Waals surface area contributed by atoms with E-state index in [2.05, 4.69) is 0 Å². The average molecular weight is 268 g/mol. The van der Waals surface area contributed by atoms with Gasteiger partial charge in [0.15, 0.2) is 0 Å². The third-order valence-electron chi connectivity index (χ3n) is 2.92. The van der Waals surface area contributed by atoms with Gasteiger partial charge in [-0.15, -0.1) is 0 Å². The summed E-state index contributed by atoms with van der Waals surface area (Å²) in [5, 5.41) is 7.93. The predicted molar refractivity (Wildman–Crippen MR) is 72.6 cm³/mol. The van der Waals surface area contributed by atoms with E-state index in [1.54, 1.807) is 6.07 Å². The van der Waals surface area contributed by atoms with Crippen LogP contribution >= 0.6 is 11.8 Å². The van der Waals surface area contributed by atoms with Gasteiger partial charge in [0.1, 0.15) is 11.7 Å². The molecule has 0 bridgehead atoms. The van der Waals surface area contributed by atoms with E-state index in [0.29, 0.717) is 10.8 Å². The summed E-state index contributed by atoms with van der Waals surface area (Å²) in [7, 11) is 0. The Kier molecular flexibility index (Phi) is 4.60. The van der Waals surface area contributed by atoms with E-state index in [-0.39, 0.29) is 11.7 Å². The molecular formula is C13H17FN2OS. The van der Waals surface area contributed by atoms with Crippen LogP contribution < -0.4 is 5.73 Å². The Morgan fingerprint density at radius 3 is 2.78 bits per heavy atom. The van der Waals surface area contributed by atoms with Crippen LogP contribution in [0.1, 0.15) is 24.0 Å². The highest BCUT2D eigenvalue weighted by Gasteiger charge is 2.14. The molecule has 1 fully saturated rings. The van der Waals surface area contributed by atoms with Crippen molar-refractivity contribution >= 4 is 17.6 Å². The van der Waals surface area contributed by atoms with Crippen molar-refractivity contribution in [3.8, 4) is 0 Å². The number of nitrogen functional groups attached to an aromatic ring is 1. The summed E-state index contributed by atoms with van der Waals surface area (Å²) < 4.78 is 18.7. The molecular weight excluding hydrogens is 251 g/mol. The number of amidine groups is 1. The second-order valence-corrected chi connectivity index (χ2v) is 5.67. The van der Waals surface area contributed by atoms with Crippen LogP contribution in [-0.4, -0.2) is 24.3 Å². The lowest BCUT2D eigenvalue weighted by molar-refractivity contribution is 0.1000. The molecule has 18 heavy (non-hydrogen) atoms. The van der Waals surface area contributed by atoms with E-state index in [9.17, 15) is 4.39 Å². The number of hydrogen-bond acceptors (Lipinski definition) is 3. The molecule has 1 saturated heterocycles. The van der Waals surface area contributed by atoms with Gasteiger partial charge in [-0.05, 0) is 36.6 Å². The number of halogens is 1. The fraction of sp³-hybridized carbons (Fsp3) is 0.462. The lowest BCUT2D eigenvalue weighted by atomic mass is 10.1. The Balaban J connectivity index is 1.97. The van der Waals surface area contributed by atoms with Crippen LogP contribution in [0.2, 0.25) is 0 Å². The first-order valence-electron chi connectivity index (χ1n) is 5.98. The van der Waals surface area contributed by atoms with Gasteiger partial charge in [-0.1, -0.05) is 0 Å². The summed E-state index contributed by atoms with van der Waals surface area (Å²) in [5.41, 5.74) is 6.73. The third-order valence-corrected chi connectivity index (χ3v) is 4.37. The summed E-state index contributed by atoms with van der Waals surface area (Å²) in [6.45, 7) is 1.64. The predicted octanol–water partition coefficient (Wildman–Crippen LogP) is 2.52. The van der Waals surface area contributed by atoms with E-state index in [1.165, 1.54) is 12.1 Å². The number of nitrogens with one attached hydrogen (secondary N) is 1. The van der Waals surface area contributed by atoms with Crippen LogP contribution in [0.3, 0.4) is 0 Å². The molecule has 0 unspecified atom stereocenters. The molecule has 2 rings (SSSR count). The maximum atomic E-state index is 13.4. The molecule has 98 valence electrons. The molecule has 0 spiro atoms. The van der Waals surface area contributed by atoms with Gasteiger partial charge in [-0.25, -0.2) is 4.39 Å². The lowest BCUT2D eigenvalue weighted by Crippen LogP contribution is -2.17. The van der Waals surface area contributed by atoms with Gasteiger partial charge in [0.25, 0.3) is 0 Å². The number of ether oxygens (including phenoxy) is 1. The van der Waals surface area contributed by atoms with Gasteiger partial charge in [0.05, 0.1) is 0 Å². The van der Waals surface area contributed by atoms with Crippen LogP contribution in [0.15, 0.2) is 18.2 Å². The Morgan fingerprint density at radius 2 is 2.11 bits per heavy atom.